The van der Waals surface area contributed by atoms with Crippen LogP contribution in [0.15, 0.2) is 36.0 Å². The van der Waals surface area contributed by atoms with Gasteiger partial charge >= 0.3 is 0 Å². The summed E-state index contributed by atoms with van der Waals surface area (Å²) in [6.07, 6.45) is 1.86. The van der Waals surface area contributed by atoms with E-state index < -0.39 is 0 Å². The second kappa shape index (κ2) is 10.6. The molecule has 2 N–H and O–H groups in total. The van der Waals surface area contributed by atoms with Crippen LogP contribution in [-0.2, 0) is 6.54 Å². The minimum atomic E-state index is 0.517. The fraction of sp³-hybridized carbons (Fsp3) is 0.238. The van der Waals surface area contributed by atoms with Gasteiger partial charge in [-0.25, -0.2) is 0 Å². The van der Waals surface area contributed by atoms with Crippen molar-refractivity contribution in [3.8, 4) is 17.2 Å². The van der Waals surface area contributed by atoms with Crippen molar-refractivity contribution in [3.63, 3.8) is 0 Å². The van der Waals surface area contributed by atoms with E-state index in [0.717, 1.165) is 16.9 Å². The molecule has 7 nitrogen and oxygen atoms in total. The van der Waals surface area contributed by atoms with Crippen LogP contribution in [-0.4, -0.2) is 30.7 Å². The molecule has 1 heterocycles. The molecule has 0 spiro atoms. The summed E-state index contributed by atoms with van der Waals surface area (Å²) in [4.78, 5) is 4.47. The van der Waals surface area contributed by atoms with Crippen molar-refractivity contribution in [2.24, 2.45) is 0 Å². The highest BCUT2D eigenvalue weighted by Gasteiger charge is 2.13. The van der Waals surface area contributed by atoms with Crippen molar-refractivity contribution in [3.05, 3.63) is 57.5 Å². The summed E-state index contributed by atoms with van der Waals surface area (Å²) in [5.74, 6) is 2.37. The molecule has 0 bridgehead atoms. The summed E-state index contributed by atoms with van der Waals surface area (Å²) in [6.45, 7) is 2.51. The molecule has 3 aromatic rings. The lowest BCUT2D eigenvalue weighted by Crippen LogP contribution is -2.11. The Balaban J connectivity index is 1.66. The molecular weight excluding hydrogens is 459 g/mol. The molecule has 0 aliphatic rings. The Morgan fingerprint density at radius 3 is 2.39 bits per heavy atom. The average molecular weight is 481 g/mol. The van der Waals surface area contributed by atoms with Gasteiger partial charge in [-0.2, -0.15) is 9.36 Å². The molecule has 1 aromatic heterocycles. The van der Waals surface area contributed by atoms with Crippen LogP contribution in [0.4, 0.5) is 10.8 Å². The lowest BCUT2D eigenvalue weighted by molar-refractivity contribution is 0.323. The first-order valence-electron chi connectivity index (χ1n) is 9.20. The van der Waals surface area contributed by atoms with Gasteiger partial charge in [0.15, 0.2) is 17.3 Å². The van der Waals surface area contributed by atoms with Crippen LogP contribution < -0.4 is 24.8 Å². The Morgan fingerprint density at radius 2 is 1.77 bits per heavy atom. The van der Waals surface area contributed by atoms with E-state index in [9.17, 15) is 0 Å². The molecule has 3 rings (SSSR count). The number of anilines is 2. The van der Waals surface area contributed by atoms with Gasteiger partial charge in [-0.15, -0.1) is 0 Å². The Kier molecular flexibility index (Phi) is 7.84. The Hall–Kier alpha value is -2.68. The van der Waals surface area contributed by atoms with Gasteiger partial charge in [-0.3, -0.25) is 0 Å². The number of hydrogen-bond donors (Lipinski definition) is 2. The largest absolute Gasteiger partial charge is 0.493 e. The SMILES string of the molecule is COc1cc(CN/C(C)=C/c2nsc(Nc3ccc(Cl)cc3Cl)n2)cc(OC)c1OC. The molecule has 164 valence electrons. The fourth-order valence-electron chi connectivity index (χ4n) is 2.77. The van der Waals surface area contributed by atoms with Gasteiger partial charge in [0, 0.05) is 34.9 Å². The molecular formula is C21H22Cl2N4O3S. The first-order valence-corrected chi connectivity index (χ1v) is 10.7. The third-order valence-electron chi connectivity index (χ3n) is 4.26. The van der Waals surface area contributed by atoms with Crippen molar-refractivity contribution in [2.75, 3.05) is 26.6 Å². The summed E-state index contributed by atoms with van der Waals surface area (Å²) < 4.78 is 20.5. The number of benzene rings is 2. The summed E-state index contributed by atoms with van der Waals surface area (Å²) in [5.41, 5.74) is 2.60. The molecule has 0 fully saturated rings. The second-order valence-corrected chi connectivity index (χ2v) is 8.02. The monoisotopic (exact) mass is 480 g/mol. The molecule has 31 heavy (non-hydrogen) atoms. The fourth-order valence-corrected chi connectivity index (χ4v) is 3.79. The zero-order valence-corrected chi connectivity index (χ0v) is 19.8. The average Bonchev–Trinajstić information content (AvgIpc) is 3.20. The predicted molar refractivity (Wildman–Crippen MR) is 126 cm³/mol. The quantitative estimate of drug-likeness (QED) is 0.402. The number of rotatable bonds is 9. The van der Waals surface area contributed by atoms with Crippen LogP contribution in [0.5, 0.6) is 17.2 Å². The van der Waals surface area contributed by atoms with Gasteiger partial charge in [-0.1, -0.05) is 23.2 Å². The normalized spacial score (nSPS) is 11.2. The molecule has 0 aliphatic carbocycles. The standard InChI is InChI=1S/C21H22Cl2N4O3S/c1-12(24-11-13-8-17(28-2)20(30-4)18(9-13)29-3)7-19-26-21(31-27-19)25-16-6-5-14(22)10-15(16)23/h5-10,24H,11H2,1-4H3,(H,25,26,27)/b12-7+. The first kappa shape index (κ1) is 23.0. The van der Waals surface area contributed by atoms with E-state index in [0.29, 0.717) is 44.8 Å². The van der Waals surface area contributed by atoms with E-state index in [-0.39, 0.29) is 0 Å². The minimum Gasteiger partial charge on any atom is -0.493 e. The topological polar surface area (TPSA) is 77.5 Å². The molecule has 2 aromatic carbocycles. The Morgan fingerprint density at radius 1 is 1.06 bits per heavy atom. The van der Waals surface area contributed by atoms with Crippen LogP contribution in [0.25, 0.3) is 6.08 Å². The van der Waals surface area contributed by atoms with E-state index in [2.05, 4.69) is 20.0 Å². The van der Waals surface area contributed by atoms with Gasteiger partial charge in [0.05, 0.1) is 32.0 Å². The molecule has 0 amide bonds. The van der Waals surface area contributed by atoms with Crippen molar-refractivity contribution < 1.29 is 14.2 Å². The van der Waals surface area contributed by atoms with Gasteiger partial charge in [0.25, 0.3) is 0 Å². The summed E-state index contributed by atoms with van der Waals surface area (Å²) in [5, 5.41) is 8.21. The van der Waals surface area contributed by atoms with Crippen LogP contribution in [0.1, 0.15) is 18.3 Å². The van der Waals surface area contributed by atoms with Crippen LogP contribution in [0, 0.1) is 0 Å². The number of nitrogens with zero attached hydrogens (tertiary/aromatic N) is 2. The molecule has 0 aliphatic heterocycles. The summed E-state index contributed by atoms with van der Waals surface area (Å²) in [6, 6.07) is 9.03. The number of ether oxygens (including phenoxy) is 3. The molecule has 0 atom stereocenters. The Bertz CT molecular complexity index is 1060. The highest BCUT2D eigenvalue weighted by atomic mass is 35.5. The highest BCUT2D eigenvalue weighted by Crippen LogP contribution is 2.38. The molecule has 0 radical (unpaired) electrons. The lowest BCUT2D eigenvalue weighted by Gasteiger charge is -2.14. The number of aromatic nitrogens is 2. The van der Waals surface area contributed by atoms with Crippen LogP contribution in [0.3, 0.4) is 0 Å². The number of methoxy groups -OCH3 is 3. The maximum absolute atomic E-state index is 6.19. The van der Waals surface area contributed by atoms with Crippen molar-refractivity contribution in [1.82, 2.24) is 14.7 Å². The molecule has 0 saturated heterocycles. The zero-order chi connectivity index (χ0) is 22.4. The molecule has 0 saturated carbocycles. The number of allylic oxidation sites excluding steroid dienone is 1. The van der Waals surface area contributed by atoms with Crippen molar-refractivity contribution in [2.45, 2.75) is 13.5 Å². The van der Waals surface area contributed by atoms with Crippen LogP contribution in [0.2, 0.25) is 10.0 Å². The molecule has 10 heteroatoms. The van der Waals surface area contributed by atoms with Crippen molar-refractivity contribution in [1.29, 1.82) is 0 Å². The second-order valence-electron chi connectivity index (χ2n) is 6.42. The third-order valence-corrected chi connectivity index (χ3v) is 5.45. The van der Waals surface area contributed by atoms with Gasteiger partial charge in [0.2, 0.25) is 10.9 Å². The van der Waals surface area contributed by atoms with Crippen molar-refractivity contribution >= 4 is 51.6 Å². The highest BCUT2D eigenvalue weighted by molar-refractivity contribution is 7.09. The number of nitrogens with one attached hydrogen (secondary N) is 2. The summed E-state index contributed by atoms with van der Waals surface area (Å²) >= 11 is 13.4. The predicted octanol–water partition coefficient (Wildman–Crippen LogP) is 5.76. The minimum absolute atomic E-state index is 0.517. The smallest absolute Gasteiger partial charge is 0.207 e. The van der Waals surface area contributed by atoms with E-state index >= 15 is 0 Å². The van der Waals surface area contributed by atoms with Gasteiger partial charge in [-0.05, 0) is 42.8 Å². The van der Waals surface area contributed by atoms with E-state index in [1.54, 1.807) is 39.5 Å². The first-order chi connectivity index (χ1) is 14.9. The maximum atomic E-state index is 6.19. The van der Waals surface area contributed by atoms with Gasteiger partial charge < -0.3 is 24.8 Å². The number of halogens is 2. The van der Waals surface area contributed by atoms with Crippen LogP contribution >= 0.6 is 34.7 Å². The van der Waals surface area contributed by atoms with Gasteiger partial charge in [0.1, 0.15) is 0 Å². The Labute approximate surface area is 195 Å². The lowest BCUT2D eigenvalue weighted by atomic mass is 10.1. The van der Waals surface area contributed by atoms with E-state index in [4.69, 9.17) is 37.4 Å². The van der Waals surface area contributed by atoms with E-state index in [1.807, 2.05) is 25.1 Å². The maximum Gasteiger partial charge on any atom is 0.207 e. The number of hydrogen-bond acceptors (Lipinski definition) is 8. The zero-order valence-electron chi connectivity index (χ0n) is 17.5. The third kappa shape index (κ3) is 5.94. The van der Waals surface area contributed by atoms with E-state index in [1.165, 1.54) is 11.5 Å². The molecule has 0 unspecified atom stereocenters. The summed E-state index contributed by atoms with van der Waals surface area (Å²) in [7, 11) is 4.77.